The Kier molecular flexibility index (Phi) is 7.91. The molecule has 1 saturated heterocycles. The largest absolute Gasteiger partial charge is 0.485 e. The van der Waals surface area contributed by atoms with E-state index in [4.69, 9.17) is 4.74 Å². The van der Waals surface area contributed by atoms with E-state index in [1.165, 1.54) is 0 Å². The third-order valence-corrected chi connectivity index (χ3v) is 6.60. The molecule has 0 N–H and O–H groups in total. The van der Waals surface area contributed by atoms with Crippen LogP contribution in [0.2, 0.25) is 0 Å². The summed E-state index contributed by atoms with van der Waals surface area (Å²) in [5, 5.41) is 0. The fraction of sp³-hybridized carbons (Fsp3) is 0.333. The number of ketones is 1. The monoisotopic (exact) mass is 455 g/mol. The highest BCUT2D eigenvalue weighted by Crippen LogP contribution is 2.24. The van der Waals surface area contributed by atoms with Crippen molar-refractivity contribution in [2.45, 2.75) is 45.8 Å². The standard InChI is InChI=1S/C30H33NO3/c1-22(2)26-13-14-27(30(33)28(19-26)34-21-23-9-5-3-6-10-23)20-31-17-15-25(16-18-31)29(32)24-11-7-4-8-12-24/h3-14,19,22,25H,15-18,20-21H2,1-2H3. The van der Waals surface area contributed by atoms with Crippen LogP contribution in [0.1, 0.15) is 59.7 Å². The third kappa shape index (κ3) is 6.00. The number of hydrogen-bond acceptors (Lipinski definition) is 4. The molecule has 0 bridgehead atoms. The Balaban J connectivity index is 1.46. The van der Waals surface area contributed by atoms with Crippen molar-refractivity contribution in [1.82, 2.24) is 4.90 Å². The third-order valence-electron chi connectivity index (χ3n) is 6.60. The van der Waals surface area contributed by atoms with E-state index < -0.39 is 0 Å². The van der Waals surface area contributed by atoms with Gasteiger partial charge in [-0.2, -0.15) is 0 Å². The van der Waals surface area contributed by atoms with Gasteiger partial charge in [0.1, 0.15) is 6.61 Å². The van der Waals surface area contributed by atoms with Crippen molar-refractivity contribution in [3.05, 3.63) is 111 Å². The number of carbonyl (C=O) groups is 1. The summed E-state index contributed by atoms with van der Waals surface area (Å²) < 4.78 is 6.03. The first-order valence-corrected chi connectivity index (χ1v) is 12.2. The van der Waals surface area contributed by atoms with Crippen LogP contribution in [0.3, 0.4) is 0 Å². The van der Waals surface area contributed by atoms with Crippen molar-refractivity contribution in [3.63, 3.8) is 0 Å². The lowest BCUT2D eigenvalue weighted by Gasteiger charge is -2.31. The Hall–Kier alpha value is -3.24. The molecule has 0 saturated carbocycles. The van der Waals surface area contributed by atoms with Gasteiger partial charge in [0, 0.05) is 23.6 Å². The van der Waals surface area contributed by atoms with Crippen molar-refractivity contribution >= 4 is 5.78 Å². The molecule has 4 heteroatoms. The molecule has 0 spiro atoms. The van der Waals surface area contributed by atoms with Crippen molar-refractivity contribution in [2.75, 3.05) is 13.1 Å². The van der Waals surface area contributed by atoms with E-state index in [0.29, 0.717) is 24.8 Å². The summed E-state index contributed by atoms with van der Waals surface area (Å²) in [5.41, 5.74) is 3.59. The van der Waals surface area contributed by atoms with Crippen molar-refractivity contribution in [3.8, 4) is 5.75 Å². The normalized spacial score (nSPS) is 14.8. The van der Waals surface area contributed by atoms with Crippen molar-refractivity contribution < 1.29 is 9.53 Å². The van der Waals surface area contributed by atoms with Gasteiger partial charge in [-0.25, -0.2) is 0 Å². The van der Waals surface area contributed by atoms with Crippen LogP contribution in [0.15, 0.2) is 83.7 Å². The molecule has 1 aliphatic rings. The molecule has 34 heavy (non-hydrogen) atoms. The Bertz CT molecular complexity index is 1150. The molecule has 0 aromatic heterocycles. The number of nitrogens with zero attached hydrogens (tertiary/aromatic N) is 1. The predicted molar refractivity (Wildman–Crippen MR) is 136 cm³/mol. The number of Topliss-reactive ketones (excluding diaryl/α,β-unsaturated/α-hetero) is 1. The smallest absolute Gasteiger partial charge is 0.224 e. The maximum absolute atomic E-state index is 13.4. The molecule has 0 aliphatic carbocycles. The van der Waals surface area contributed by atoms with E-state index >= 15 is 0 Å². The lowest BCUT2D eigenvalue weighted by Crippen LogP contribution is -2.36. The van der Waals surface area contributed by atoms with Gasteiger partial charge in [0.25, 0.3) is 0 Å². The fourth-order valence-electron chi connectivity index (χ4n) is 4.45. The van der Waals surface area contributed by atoms with E-state index in [1.807, 2.05) is 78.9 Å². The minimum atomic E-state index is -0.0506. The average Bonchev–Trinajstić information content (AvgIpc) is 3.03. The summed E-state index contributed by atoms with van der Waals surface area (Å²) in [4.78, 5) is 28.5. The molecule has 3 aromatic carbocycles. The molecule has 1 heterocycles. The van der Waals surface area contributed by atoms with Gasteiger partial charge in [-0.1, -0.05) is 86.6 Å². The minimum Gasteiger partial charge on any atom is -0.485 e. The van der Waals surface area contributed by atoms with Crippen LogP contribution in [-0.2, 0) is 13.2 Å². The highest BCUT2D eigenvalue weighted by molar-refractivity contribution is 5.97. The van der Waals surface area contributed by atoms with E-state index in [0.717, 1.165) is 48.2 Å². The number of benzene rings is 2. The molecule has 0 amide bonds. The summed E-state index contributed by atoms with van der Waals surface area (Å²) in [6.45, 7) is 6.78. The Labute approximate surface area is 202 Å². The minimum absolute atomic E-state index is 0.0505. The zero-order chi connectivity index (χ0) is 23.9. The number of piperidine rings is 1. The van der Waals surface area contributed by atoms with Gasteiger partial charge in [-0.15, -0.1) is 0 Å². The molecule has 0 radical (unpaired) electrons. The molecule has 1 fully saturated rings. The van der Waals surface area contributed by atoms with Gasteiger partial charge in [-0.05, 0) is 49.0 Å². The first-order valence-electron chi connectivity index (χ1n) is 12.2. The van der Waals surface area contributed by atoms with Gasteiger partial charge in [0.2, 0.25) is 5.43 Å². The molecule has 3 aromatic rings. The Morgan fingerprint density at radius 3 is 2.24 bits per heavy atom. The van der Waals surface area contributed by atoms with Gasteiger partial charge >= 0.3 is 0 Å². The summed E-state index contributed by atoms with van der Waals surface area (Å²) >= 11 is 0. The number of ether oxygens (including phenoxy) is 1. The van der Waals surface area contributed by atoms with Gasteiger partial charge in [0.05, 0.1) is 0 Å². The highest BCUT2D eigenvalue weighted by Gasteiger charge is 2.26. The van der Waals surface area contributed by atoms with Crippen LogP contribution in [-0.4, -0.2) is 23.8 Å². The van der Waals surface area contributed by atoms with Crippen LogP contribution in [0, 0.1) is 5.92 Å². The number of rotatable bonds is 8. The highest BCUT2D eigenvalue weighted by atomic mass is 16.5. The molecule has 0 unspecified atom stereocenters. The van der Waals surface area contributed by atoms with Crippen LogP contribution < -0.4 is 10.2 Å². The maximum atomic E-state index is 13.4. The molecule has 4 rings (SSSR count). The van der Waals surface area contributed by atoms with Crippen LogP contribution in [0.4, 0.5) is 0 Å². The molecular formula is C30H33NO3. The van der Waals surface area contributed by atoms with E-state index in [1.54, 1.807) is 0 Å². The zero-order valence-corrected chi connectivity index (χ0v) is 20.1. The molecule has 1 aliphatic heterocycles. The fourth-order valence-corrected chi connectivity index (χ4v) is 4.45. The van der Waals surface area contributed by atoms with Crippen LogP contribution >= 0.6 is 0 Å². The van der Waals surface area contributed by atoms with Gasteiger partial charge < -0.3 is 4.74 Å². The second kappa shape index (κ2) is 11.3. The quantitative estimate of drug-likeness (QED) is 0.400. The summed E-state index contributed by atoms with van der Waals surface area (Å²) in [7, 11) is 0. The first-order chi connectivity index (χ1) is 16.5. The van der Waals surface area contributed by atoms with E-state index in [9.17, 15) is 9.59 Å². The predicted octanol–water partition coefficient (Wildman–Crippen LogP) is 5.84. The van der Waals surface area contributed by atoms with E-state index in [2.05, 4.69) is 18.7 Å². The molecule has 176 valence electrons. The van der Waals surface area contributed by atoms with Crippen LogP contribution in [0.25, 0.3) is 0 Å². The number of likely N-dealkylation sites (tertiary alicyclic amines) is 1. The molecule has 4 nitrogen and oxygen atoms in total. The lowest BCUT2D eigenvalue weighted by atomic mass is 9.89. The number of carbonyl (C=O) groups excluding carboxylic acids is 1. The Morgan fingerprint density at radius 1 is 0.941 bits per heavy atom. The van der Waals surface area contributed by atoms with Crippen LogP contribution in [0.5, 0.6) is 5.75 Å². The molecule has 0 atom stereocenters. The second-order valence-electron chi connectivity index (χ2n) is 9.41. The SMILES string of the molecule is CC(C)c1ccc(CN2CCC(C(=O)c3ccccc3)CC2)c(=O)c(OCc2ccccc2)c1. The summed E-state index contributed by atoms with van der Waals surface area (Å²) in [6.07, 6.45) is 1.63. The maximum Gasteiger partial charge on any atom is 0.224 e. The van der Waals surface area contributed by atoms with Crippen molar-refractivity contribution in [2.24, 2.45) is 5.92 Å². The molecular weight excluding hydrogens is 422 g/mol. The van der Waals surface area contributed by atoms with Gasteiger partial charge in [-0.3, -0.25) is 14.5 Å². The lowest BCUT2D eigenvalue weighted by molar-refractivity contribution is 0.0834. The average molecular weight is 456 g/mol. The topological polar surface area (TPSA) is 46.6 Å². The second-order valence-corrected chi connectivity index (χ2v) is 9.41. The zero-order valence-electron chi connectivity index (χ0n) is 20.1. The van der Waals surface area contributed by atoms with E-state index in [-0.39, 0.29) is 17.1 Å². The van der Waals surface area contributed by atoms with Crippen molar-refractivity contribution in [1.29, 1.82) is 0 Å². The van der Waals surface area contributed by atoms with Gasteiger partial charge in [0.15, 0.2) is 11.5 Å². The summed E-state index contributed by atoms with van der Waals surface area (Å²) in [5.74, 6) is 0.976. The summed E-state index contributed by atoms with van der Waals surface area (Å²) in [6, 6.07) is 25.3. The Morgan fingerprint density at radius 2 is 1.59 bits per heavy atom. The first kappa shape index (κ1) is 23.9. The number of hydrogen-bond donors (Lipinski definition) is 0.